The highest BCUT2D eigenvalue weighted by Crippen LogP contribution is 2.11. The Hall–Kier alpha value is -1.68. The fraction of sp³-hybridized carbons (Fsp3) is 0.273. The molecule has 2 rings (SSSR count). The largest absolute Gasteiger partial charge is 0.312 e. The van der Waals surface area contributed by atoms with E-state index in [0.29, 0.717) is 0 Å². The molecule has 1 atom stereocenters. The van der Waals surface area contributed by atoms with Gasteiger partial charge in [-0.15, -0.1) is 0 Å². The molecule has 0 aromatic carbocycles. The Bertz CT molecular complexity index is 405. The molecule has 0 saturated carbocycles. The molecule has 2 aromatic rings. The van der Waals surface area contributed by atoms with Gasteiger partial charge in [-0.2, -0.15) is 0 Å². The van der Waals surface area contributed by atoms with Crippen LogP contribution in [0.3, 0.4) is 0 Å². The van der Waals surface area contributed by atoms with E-state index in [1.165, 1.54) is 0 Å². The number of imidazole rings is 1. The summed E-state index contributed by atoms with van der Waals surface area (Å²) in [5.74, 6) is 0. The number of nitrogens with one attached hydrogen (secondary N) is 1. The van der Waals surface area contributed by atoms with E-state index in [1.54, 1.807) is 12.5 Å². The topological polar surface area (TPSA) is 42.7 Å². The van der Waals surface area contributed by atoms with Gasteiger partial charge in [-0.05, 0) is 26.1 Å². The van der Waals surface area contributed by atoms with Gasteiger partial charge in [-0.3, -0.25) is 4.98 Å². The van der Waals surface area contributed by atoms with Crippen molar-refractivity contribution in [3.05, 3.63) is 42.7 Å². The molecule has 15 heavy (non-hydrogen) atoms. The van der Waals surface area contributed by atoms with Crippen LogP contribution in [-0.2, 0) is 0 Å². The Morgan fingerprint density at radius 2 is 2.27 bits per heavy atom. The van der Waals surface area contributed by atoms with Crippen molar-refractivity contribution in [2.45, 2.75) is 13.0 Å². The zero-order chi connectivity index (χ0) is 10.7. The number of aromatic nitrogens is 3. The number of hydrogen-bond acceptors (Lipinski definition) is 3. The van der Waals surface area contributed by atoms with Crippen molar-refractivity contribution in [2.24, 2.45) is 0 Å². The molecule has 0 fully saturated rings. The molecule has 2 aromatic heterocycles. The first-order valence-electron chi connectivity index (χ1n) is 4.93. The summed E-state index contributed by atoms with van der Waals surface area (Å²) in [5, 5.41) is 3.15. The Balaban J connectivity index is 2.25. The predicted octanol–water partition coefficient (Wildman–Crippen LogP) is 1.55. The van der Waals surface area contributed by atoms with E-state index >= 15 is 0 Å². The van der Waals surface area contributed by atoms with Crippen molar-refractivity contribution in [3.8, 4) is 5.69 Å². The normalized spacial score (nSPS) is 12.7. The second-order valence-corrected chi connectivity index (χ2v) is 3.42. The van der Waals surface area contributed by atoms with Crippen LogP contribution in [-0.4, -0.2) is 21.6 Å². The lowest BCUT2D eigenvalue weighted by molar-refractivity contribution is 0.632. The highest BCUT2D eigenvalue weighted by atomic mass is 15.0. The minimum atomic E-state index is 0.279. The predicted molar refractivity (Wildman–Crippen MR) is 58.8 cm³/mol. The maximum atomic E-state index is 4.39. The van der Waals surface area contributed by atoms with Gasteiger partial charge in [0.15, 0.2) is 0 Å². The van der Waals surface area contributed by atoms with Crippen LogP contribution in [0.1, 0.15) is 18.7 Å². The fourth-order valence-electron chi connectivity index (χ4n) is 1.37. The van der Waals surface area contributed by atoms with E-state index in [1.807, 2.05) is 36.1 Å². The molecule has 0 aliphatic heterocycles. The van der Waals surface area contributed by atoms with Crippen molar-refractivity contribution >= 4 is 0 Å². The third-order valence-electron chi connectivity index (χ3n) is 2.45. The lowest BCUT2D eigenvalue weighted by Gasteiger charge is -2.09. The average molecular weight is 202 g/mol. The van der Waals surface area contributed by atoms with Crippen LogP contribution in [0, 0.1) is 0 Å². The average Bonchev–Trinajstić information content (AvgIpc) is 2.82. The molecular weight excluding hydrogens is 188 g/mol. The van der Waals surface area contributed by atoms with Crippen LogP contribution in [0.25, 0.3) is 5.69 Å². The Morgan fingerprint density at radius 3 is 2.80 bits per heavy atom. The smallest absolute Gasteiger partial charge is 0.0992 e. The molecule has 0 spiro atoms. The highest BCUT2D eigenvalue weighted by molar-refractivity contribution is 5.29. The molecule has 2 heterocycles. The summed E-state index contributed by atoms with van der Waals surface area (Å²) >= 11 is 0. The van der Waals surface area contributed by atoms with E-state index in [2.05, 4.69) is 22.2 Å². The van der Waals surface area contributed by atoms with Crippen molar-refractivity contribution in [2.75, 3.05) is 7.05 Å². The Labute approximate surface area is 89.0 Å². The van der Waals surface area contributed by atoms with E-state index in [9.17, 15) is 0 Å². The lowest BCUT2D eigenvalue weighted by atomic mass is 10.2. The van der Waals surface area contributed by atoms with Gasteiger partial charge < -0.3 is 9.88 Å². The van der Waals surface area contributed by atoms with Crippen LogP contribution in [0.15, 0.2) is 37.1 Å². The van der Waals surface area contributed by atoms with E-state index in [-0.39, 0.29) is 6.04 Å². The molecule has 1 unspecified atom stereocenters. The number of rotatable bonds is 3. The molecule has 0 radical (unpaired) electrons. The quantitative estimate of drug-likeness (QED) is 0.821. The van der Waals surface area contributed by atoms with Gasteiger partial charge in [-0.1, -0.05) is 0 Å². The first kappa shape index (κ1) is 9.86. The summed E-state index contributed by atoms with van der Waals surface area (Å²) in [6, 6.07) is 4.34. The minimum Gasteiger partial charge on any atom is -0.312 e. The molecule has 4 nitrogen and oxygen atoms in total. The van der Waals surface area contributed by atoms with Crippen molar-refractivity contribution in [3.63, 3.8) is 0 Å². The number of hydrogen-bond donors (Lipinski definition) is 1. The fourth-order valence-corrected chi connectivity index (χ4v) is 1.37. The molecule has 0 aliphatic rings. The third-order valence-corrected chi connectivity index (χ3v) is 2.45. The van der Waals surface area contributed by atoms with E-state index in [4.69, 9.17) is 0 Å². The van der Waals surface area contributed by atoms with Crippen LogP contribution in [0.4, 0.5) is 0 Å². The van der Waals surface area contributed by atoms with E-state index in [0.717, 1.165) is 11.4 Å². The van der Waals surface area contributed by atoms with Crippen molar-refractivity contribution in [1.29, 1.82) is 0 Å². The second-order valence-electron chi connectivity index (χ2n) is 3.42. The van der Waals surface area contributed by atoms with Crippen molar-refractivity contribution < 1.29 is 0 Å². The van der Waals surface area contributed by atoms with Crippen molar-refractivity contribution in [1.82, 2.24) is 19.9 Å². The minimum absolute atomic E-state index is 0.279. The molecular formula is C11H14N4. The summed E-state index contributed by atoms with van der Waals surface area (Å²) in [4.78, 5) is 8.39. The number of pyridine rings is 1. The summed E-state index contributed by atoms with van der Waals surface area (Å²) in [6.07, 6.45) is 7.27. The van der Waals surface area contributed by atoms with Gasteiger partial charge in [0, 0.05) is 18.4 Å². The van der Waals surface area contributed by atoms with Gasteiger partial charge in [0.2, 0.25) is 0 Å². The summed E-state index contributed by atoms with van der Waals surface area (Å²) in [6.45, 7) is 2.08. The molecule has 1 N–H and O–H groups in total. The molecule has 4 heteroatoms. The Kier molecular flexibility index (Phi) is 2.78. The van der Waals surface area contributed by atoms with Gasteiger partial charge in [0.1, 0.15) is 0 Å². The zero-order valence-electron chi connectivity index (χ0n) is 8.88. The van der Waals surface area contributed by atoms with Gasteiger partial charge >= 0.3 is 0 Å². The van der Waals surface area contributed by atoms with Crippen LogP contribution in [0.2, 0.25) is 0 Å². The molecule has 0 saturated heterocycles. The highest BCUT2D eigenvalue weighted by Gasteiger charge is 2.03. The maximum absolute atomic E-state index is 4.39. The van der Waals surface area contributed by atoms with Crippen LogP contribution < -0.4 is 5.32 Å². The summed E-state index contributed by atoms with van der Waals surface area (Å²) in [7, 11) is 1.93. The zero-order valence-corrected chi connectivity index (χ0v) is 8.88. The third kappa shape index (κ3) is 2.05. The summed E-state index contributed by atoms with van der Waals surface area (Å²) < 4.78 is 1.93. The van der Waals surface area contributed by atoms with Crippen LogP contribution >= 0.6 is 0 Å². The van der Waals surface area contributed by atoms with Gasteiger partial charge in [0.25, 0.3) is 0 Å². The Morgan fingerprint density at radius 1 is 1.40 bits per heavy atom. The monoisotopic (exact) mass is 202 g/mol. The lowest BCUT2D eigenvalue weighted by Crippen LogP contribution is -2.13. The molecule has 78 valence electrons. The van der Waals surface area contributed by atoms with Gasteiger partial charge in [0.05, 0.1) is 23.9 Å². The first-order valence-corrected chi connectivity index (χ1v) is 4.93. The molecule has 0 bridgehead atoms. The second kappa shape index (κ2) is 4.23. The molecule has 0 aliphatic carbocycles. The van der Waals surface area contributed by atoms with E-state index < -0.39 is 0 Å². The maximum Gasteiger partial charge on any atom is 0.0992 e. The standard InChI is InChI=1S/C11H14N4/c1-9(12-2)11-4-3-10(7-14-11)15-6-5-13-8-15/h3-9,12H,1-2H3. The van der Waals surface area contributed by atoms with Gasteiger partial charge in [-0.25, -0.2) is 4.98 Å². The molecule has 0 amide bonds. The number of nitrogens with zero attached hydrogens (tertiary/aromatic N) is 3. The summed E-state index contributed by atoms with van der Waals surface area (Å²) in [5.41, 5.74) is 2.07. The first-order chi connectivity index (χ1) is 7.31. The SMILES string of the molecule is CNC(C)c1ccc(-n2ccnc2)cn1. The van der Waals surface area contributed by atoms with Crippen LogP contribution in [0.5, 0.6) is 0 Å².